The van der Waals surface area contributed by atoms with Crippen LogP contribution in [0, 0.1) is 0 Å². The summed E-state index contributed by atoms with van der Waals surface area (Å²) >= 11 is 0. The first kappa shape index (κ1) is 15.2. The van der Waals surface area contributed by atoms with E-state index in [1.54, 1.807) is 0 Å². The number of nitrogens with two attached hydrogens (primary N) is 1. The summed E-state index contributed by atoms with van der Waals surface area (Å²) < 4.78 is 5.79. The van der Waals surface area contributed by atoms with Crippen molar-refractivity contribution >= 4 is 0 Å². The predicted molar refractivity (Wildman–Crippen MR) is 79.4 cm³/mol. The van der Waals surface area contributed by atoms with E-state index in [0.717, 1.165) is 32.7 Å². The Kier molecular flexibility index (Phi) is 5.63. The zero-order chi connectivity index (χ0) is 13.7. The van der Waals surface area contributed by atoms with E-state index in [4.69, 9.17) is 10.5 Å². The Morgan fingerprint density at radius 3 is 2.79 bits per heavy atom. The second-order valence-corrected chi connectivity index (χ2v) is 6.20. The Morgan fingerprint density at radius 2 is 2.05 bits per heavy atom. The fourth-order valence-electron chi connectivity index (χ4n) is 3.63. The minimum absolute atomic E-state index is 0.214. The van der Waals surface area contributed by atoms with Crippen LogP contribution in [0.25, 0.3) is 0 Å². The molecule has 19 heavy (non-hydrogen) atoms. The third-order valence-corrected chi connectivity index (χ3v) is 4.96. The van der Waals surface area contributed by atoms with Crippen LogP contribution in [0.15, 0.2) is 0 Å². The largest absolute Gasteiger partial charge is 0.377 e. The van der Waals surface area contributed by atoms with Gasteiger partial charge in [-0.25, -0.2) is 0 Å². The molecule has 0 spiro atoms. The fraction of sp³-hybridized carbons (Fsp3) is 1.00. The second-order valence-electron chi connectivity index (χ2n) is 6.20. The molecule has 0 aromatic carbocycles. The molecule has 0 aliphatic carbocycles. The fourth-order valence-corrected chi connectivity index (χ4v) is 3.63. The molecule has 0 aromatic heterocycles. The maximum Gasteiger partial charge on any atom is 0.0674 e. The molecule has 112 valence electrons. The highest BCUT2D eigenvalue weighted by Gasteiger charge is 2.37. The molecular weight excluding hydrogens is 238 g/mol. The monoisotopic (exact) mass is 269 g/mol. The Morgan fingerprint density at radius 1 is 1.21 bits per heavy atom. The summed E-state index contributed by atoms with van der Waals surface area (Å²) in [6, 6.07) is 0. The molecule has 2 aliphatic heterocycles. The summed E-state index contributed by atoms with van der Waals surface area (Å²) in [4.78, 5) is 5.21. The summed E-state index contributed by atoms with van der Waals surface area (Å²) in [5.74, 6) is 0. The van der Waals surface area contributed by atoms with Gasteiger partial charge in [-0.2, -0.15) is 0 Å². The molecule has 4 heteroatoms. The van der Waals surface area contributed by atoms with Gasteiger partial charge in [0, 0.05) is 31.8 Å². The van der Waals surface area contributed by atoms with Crippen LogP contribution in [-0.4, -0.2) is 67.3 Å². The molecule has 0 radical (unpaired) electrons. The Labute approximate surface area is 118 Å². The average molecular weight is 269 g/mol. The normalized spacial score (nSPS) is 35.8. The molecule has 4 nitrogen and oxygen atoms in total. The molecule has 2 heterocycles. The lowest BCUT2D eigenvalue weighted by Gasteiger charge is -2.43. The molecule has 2 rings (SSSR count). The summed E-state index contributed by atoms with van der Waals surface area (Å²) in [6.45, 7) is 11.9. The van der Waals surface area contributed by atoms with Crippen LogP contribution in [0.1, 0.15) is 39.5 Å². The Balaban J connectivity index is 2.07. The van der Waals surface area contributed by atoms with Crippen LogP contribution in [0.5, 0.6) is 0 Å². The zero-order valence-electron chi connectivity index (χ0n) is 12.7. The van der Waals surface area contributed by atoms with Gasteiger partial charge in [0.15, 0.2) is 0 Å². The second kappa shape index (κ2) is 7.02. The molecule has 0 amide bonds. The van der Waals surface area contributed by atoms with Crippen molar-refractivity contribution in [1.82, 2.24) is 9.80 Å². The van der Waals surface area contributed by atoms with Crippen LogP contribution >= 0.6 is 0 Å². The van der Waals surface area contributed by atoms with Crippen LogP contribution in [0.3, 0.4) is 0 Å². The molecule has 2 saturated heterocycles. The number of ether oxygens (including phenoxy) is 1. The first-order chi connectivity index (χ1) is 9.20. The molecular formula is C15H31N3O. The number of rotatable bonds is 3. The first-order valence-electron chi connectivity index (χ1n) is 7.99. The predicted octanol–water partition coefficient (Wildman–Crippen LogP) is 1.30. The molecule has 2 fully saturated rings. The van der Waals surface area contributed by atoms with Crippen molar-refractivity contribution in [2.75, 3.05) is 45.9 Å². The van der Waals surface area contributed by atoms with Gasteiger partial charge in [-0.3, -0.25) is 4.90 Å². The molecule has 2 atom stereocenters. The quantitative estimate of drug-likeness (QED) is 0.838. The van der Waals surface area contributed by atoms with Crippen molar-refractivity contribution in [2.45, 2.75) is 51.2 Å². The zero-order valence-corrected chi connectivity index (χ0v) is 12.7. The summed E-state index contributed by atoms with van der Waals surface area (Å²) in [7, 11) is 0. The highest BCUT2D eigenvalue weighted by atomic mass is 16.5. The van der Waals surface area contributed by atoms with Crippen LogP contribution in [0.2, 0.25) is 0 Å². The minimum Gasteiger partial charge on any atom is -0.377 e. The standard InChI is InChI=1S/C15H31N3O/c1-3-17-8-4-6-15(13-16,7-10-17)18-9-5-11-19-14(2)12-18/h14H,3-13,16H2,1-2H3. The highest BCUT2D eigenvalue weighted by molar-refractivity contribution is 4.95. The molecule has 2 N–H and O–H groups in total. The summed E-state index contributed by atoms with van der Waals surface area (Å²) in [5, 5.41) is 0. The van der Waals surface area contributed by atoms with Crippen molar-refractivity contribution in [3.05, 3.63) is 0 Å². The topological polar surface area (TPSA) is 41.7 Å². The van der Waals surface area contributed by atoms with Gasteiger partial charge in [-0.05, 0) is 52.2 Å². The van der Waals surface area contributed by atoms with E-state index in [0.29, 0.717) is 6.10 Å². The van der Waals surface area contributed by atoms with Gasteiger partial charge in [-0.15, -0.1) is 0 Å². The van der Waals surface area contributed by atoms with E-state index in [1.165, 1.54) is 38.9 Å². The first-order valence-corrected chi connectivity index (χ1v) is 7.99. The van der Waals surface area contributed by atoms with Crippen molar-refractivity contribution in [3.8, 4) is 0 Å². The van der Waals surface area contributed by atoms with Gasteiger partial charge in [0.2, 0.25) is 0 Å². The number of nitrogens with zero attached hydrogens (tertiary/aromatic N) is 2. The molecule has 2 aliphatic rings. The molecule has 0 saturated carbocycles. The van der Waals surface area contributed by atoms with E-state index < -0.39 is 0 Å². The van der Waals surface area contributed by atoms with Crippen molar-refractivity contribution in [2.24, 2.45) is 5.73 Å². The highest BCUT2D eigenvalue weighted by Crippen LogP contribution is 2.29. The SMILES string of the molecule is CCN1CCCC(CN)(N2CCCOC(C)C2)CC1. The van der Waals surface area contributed by atoms with E-state index in [2.05, 4.69) is 23.6 Å². The van der Waals surface area contributed by atoms with E-state index in [1.807, 2.05) is 0 Å². The van der Waals surface area contributed by atoms with E-state index in [-0.39, 0.29) is 5.54 Å². The number of likely N-dealkylation sites (tertiary alicyclic amines) is 1. The lowest BCUT2D eigenvalue weighted by atomic mass is 9.88. The Hall–Kier alpha value is -0.160. The maximum atomic E-state index is 6.22. The third kappa shape index (κ3) is 3.69. The van der Waals surface area contributed by atoms with Gasteiger partial charge < -0.3 is 15.4 Å². The molecule has 0 bridgehead atoms. The van der Waals surface area contributed by atoms with Crippen LogP contribution in [0.4, 0.5) is 0 Å². The maximum absolute atomic E-state index is 6.22. The third-order valence-electron chi connectivity index (χ3n) is 4.96. The van der Waals surface area contributed by atoms with Crippen LogP contribution < -0.4 is 5.73 Å². The van der Waals surface area contributed by atoms with Crippen LogP contribution in [-0.2, 0) is 4.74 Å². The smallest absolute Gasteiger partial charge is 0.0674 e. The van der Waals surface area contributed by atoms with Gasteiger partial charge in [0.25, 0.3) is 0 Å². The molecule has 2 unspecified atom stereocenters. The van der Waals surface area contributed by atoms with Gasteiger partial charge in [0.1, 0.15) is 0 Å². The van der Waals surface area contributed by atoms with Crippen molar-refractivity contribution < 1.29 is 4.74 Å². The summed E-state index contributed by atoms with van der Waals surface area (Å²) in [5.41, 5.74) is 6.44. The van der Waals surface area contributed by atoms with E-state index >= 15 is 0 Å². The minimum atomic E-state index is 0.214. The average Bonchev–Trinajstić information content (AvgIpc) is 2.77. The lowest BCUT2D eigenvalue weighted by molar-refractivity contribution is 0.0314. The Bertz CT molecular complexity index is 274. The molecule has 0 aromatic rings. The van der Waals surface area contributed by atoms with Gasteiger partial charge in [0.05, 0.1) is 6.10 Å². The van der Waals surface area contributed by atoms with Gasteiger partial charge in [-0.1, -0.05) is 6.92 Å². The van der Waals surface area contributed by atoms with E-state index in [9.17, 15) is 0 Å². The summed E-state index contributed by atoms with van der Waals surface area (Å²) in [6.07, 6.45) is 5.22. The lowest BCUT2D eigenvalue weighted by Crippen LogP contribution is -2.56. The van der Waals surface area contributed by atoms with Crippen molar-refractivity contribution in [1.29, 1.82) is 0 Å². The van der Waals surface area contributed by atoms with Gasteiger partial charge >= 0.3 is 0 Å². The number of hydrogen-bond acceptors (Lipinski definition) is 4. The van der Waals surface area contributed by atoms with Crippen molar-refractivity contribution in [3.63, 3.8) is 0 Å². The number of hydrogen-bond donors (Lipinski definition) is 1.